The van der Waals surface area contributed by atoms with Crippen molar-refractivity contribution in [1.29, 1.82) is 0 Å². The van der Waals surface area contributed by atoms with Crippen molar-refractivity contribution in [1.82, 2.24) is 4.98 Å². The number of aryl methyl sites for hydroxylation is 1. The summed E-state index contributed by atoms with van der Waals surface area (Å²) in [5.74, 6) is -0.270. The van der Waals surface area contributed by atoms with Gasteiger partial charge in [-0.2, -0.15) is 0 Å². The van der Waals surface area contributed by atoms with Crippen LogP contribution < -0.4 is 0 Å². The lowest BCUT2D eigenvalue weighted by Crippen LogP contribution is -2.17. The molecule has 1 aliphatic rings. The molecule has 3 nitrogen and oxygen atoms in total. The quantitative estimate of drug-likeness (QED) is 0.737. The van der Waals surface area contributed by atoms with E-state index >= 15 is 0 Å². The fourth-order valence-electron chi connectivity index (χ4n) is 2.49. The Morgan fingerprint density at radius 2 is 1.88 bits per heavy atom. The van der Waals surface area contributed by atoms with Gasteiger partial charge < -0.3 is 4.74 Å². The predicted octanol–water partition coefficient (Wildman–Crippen LogP) is 2.75. The molecule has 0 saturated carbocycles. The largest absolute Gasteiger partial charge is 0.461 e. The van der Waals surface area contributed by atoms with Crippen LogP contribution in [0.4, 0.5) is 0 Å². The lowest BCUT2D eigenvalue weighted by molar-refractivity contribution is 0.0517. The number of esters is 1. The van der Waals surface area contributed by atoms with Gasteiger partial charge >= 0.3 is 5.97 Å². The lowest BCUT2D eigenvalue weighted by Gasteiger charge is -2.21. The van der Waals surface area contributed by atoms with Crippen LogP contribution >= 0.6 is 0 Å². The normalized spacial score (nSPS) is 14.3. The maximum absolute atomic E-state index is 11.9. The molecule has 0 spiro atoms. The Hall–Kier alpha value is -1.38. The van der Waals surface area contributed by atoms with Gasteiger partial charge in [0.2, 0.25) is 0 Å². The number of nitrogens with zero attached hydrogens (tertiary/aromatic N) is 1. The van der Waals surface area contributed by atoms with Crippen LogP contribution in [-0.2, 0) is 17.6 Å². The third-order valence-corrected chi connectivity index (χ3v) is 3.50. The maximum atomic E-state index is 11.9. The summed E-state index contributed by atoms with van der Waals surface area (Å²) < 4.78 is 5.09. The smallest absolute Gasteiger partial charge is 0.357 e. The first-order valence-electron chi connectivity index (χ1n) is 6.31. The van der Waals surface area contributed by atoms with Crippen molar-refractivity contribution in [2.24, 2.45) is 0 Å². The van der Waals surface area contributed by atoms with E-state index in [2.05, 4.69) is 11.9 Å². The molecule has 0 atom stereocenters. The van der Waals surface area contributed by atoms with Crippen LogP contribution in [0.1, 0.15) is 52.6 Å². The van der Waals surface area contributed by atoms with E-state index in [1.165, 1.54) is 17.5 Å². The van der Waals surface area contributed by atoms with Gasteiger partial charge in [-0.25, -0.2) is 9.78 Å². The summed E-state index contributed by atoms with van der Waals surface area (Å²) >= 11 is 0. The molecule has 0 aromatic carbocycles. The van der Waals surface area contributed by atoms with Crippen molar-refractivity contribution < 1.29 is 9.53 Å². The van der Waals surface area contributed by atoms with Gasteiger partial charge in [0, 0.05) is 5.69 Å². The number of carbonyl (C=O) groups excluding carboxylic acids is 1. The van der Waals surface area contributed by atoms with Crippen LogP contribution in [0.15, 0.2) is 0 Å². The Balaban J connectivity index is 2.52. The van der Waals surface area contributed by atoms with Crippen molar-refractivity contribution >= 4 is 5.97 Å². The number of fused-ring (bicyclic) bond motifs is 1. The summed E-state index contributed by atoms with van der Waals surface area (Å²) in [4.78, 5) is 16.3. The van der Waals surface area contributed by atoms with E-state index in [1.807, 2.05) is 13.8 Å². The van der Waals surface area contributed by atoms with E-state index in [9.17, 15) is 4.79 Å². The fraction of sp³-hybridized carbons (Fsp3) is 0.571. The summed E-state index contributed by atoms with van der Waals surface area (Å²) in [7, 11) is 0. The Kier molecular flexibility index (Phi) is 3.46. The molecule has 1 aromatic rings. The average Bonchev–Trinajstić information content (AvgIpc) is 2.34. The number of pyridine rings is 1. The molecule has 0 bridgehead atoms. The molecular weight excluding hydrogens is 214 g/mol. The van der Waals surface area contributed by atoms with E-state index in [1.54, 1.807) is 0 Å². The maximum Gasteiger partial charge on any atom is 0.357 e. The van der Waals surface area contributed by atoms with Crippen molar-refractivity contribution in [3.63, 3.8) is 0 Å². The van der Waals surface area contributed by atoms with Gasteiger partial charge in [0.15, 0.2) is 5.69 Å². The second kappa shape index (κ2) is 4.86. The fourth-order valence-corrected chi connectivity index (χ4v) is 2.49. The molecule has 2 rings (SSSR count). The monoisotopic (exact) mass is 233 g/mol. The Bertz CT molecular complexity index is 452. The van der Waals surface area contributed by atoms with Gasteiger partial charge in [-0.1, -0.05) is 0 Å². The zero-order chi connectivity index (χ0) is 12.4. The van der Waals surface area contributed by atoms with E-state index < -0.39 is 0 Å². The molecule has 0 unspecified atom stereocenters. The summed E-state index contributed by atoms with van der Waals surface area (Å²) in [6.45, 7) is 6.29. The summed E-state index contributed by atoms with van der Waals surface area (Å²) in [6.07, 6.45) is 4.37. The van der Waals surface area contributed by atoms with Crippen LogP contribution in [0.5, 0.6) is 0 Å². The van der Waals surface area contributed by atoms with Gasteiger partial charge in [-0.3, -0.25) is 0 Å². The van der Waals surface area contributed by atoms with E-state index in [4.69, 9.17) is 4.74 Å². The molecular formula is C14H19NO2. The highest BCUT2D eigenvalue weighted by Crippen LogP contribution is 2.28. The first kappa shape index (κ1) is 12.1. The SMILES string of the molecule is CCOC(=O)c1nc(C)c(C)c2c1CCCC2. The number of hydrogen-bond acceptors (Lipinski definition) is 3. The average molecular weight is 233 g/mol. The molecule has 0 radical (unpaired) electrons. The summed E-state index contributed by atoms with van der Waals surface area (Å²) in [5.41, 5.74) is 5.19. The molecule has 0 amide bonds. The number of hydrogen-bond donors (Lipinski definition) is 0. The van der Waals surface area contributed by atoms with Crippen molar-refractivity contribution in [3.8, 4) is 0 Å². The summed E-state index contributed by atoms with van der Waals surface area (Å²) in [5, 5.41) is 0. The third-order valence-electron chi connectivity index (χ3n) is 3.50. The molecule has 1 heterocycles. The highest BCUT2D eigenvalue weighted by Gasteiger charge is 2.23. The van der Waals surface area contributed by atoms with Crippen LogP contribution in [0.3, 0.4) is 0 Å². The van der Waals surface area contributed by atoms with Gasteiger partial charge in [0.1, 0.15) is 0 Å². The van der Waals surface area contributed by atoms with E-state index in [-0.39, 0.29) is 5.97 Å². The summed E-state index contributed by atoms with van der Waals surface area (Å²) in [6, 6.07) is 0. The minimum atomic E-state index is -0.270. The Labute approximate surface area is 102 Å². The second-order valence-electron chi connectivity index (χ2n) is 4.56. The molecule has 0 saturated heterocycles. The molecule has 92 valence electrons. The predicted molar refractivity (Wildman–Crippen MR) is 66.3 cm³/mol. The minimum Gasteiger partial charge on any atom is -0.461 e. The first-order valence-corrected chi connectivity index (χ1v) is 6.31. The van der Waals surface area contributed by atoms with Gasteiger partial charge in [-0.05, 0) is 63.1 Å². The Morgan fingerprint density at radius 3 is 2.53 bits per heavy atom. The minimum absolute atomic E-state index is 0.270. The zero-order valence-electron chi connectivity index (χ0n) is 10.8. The van der Waals surface area contributed by atoms with Gasteiger partial charge in [0.05, 0.1) is 6.61 Å². The number of rotatable bonds is 2. The highest BCUT2D eigenvalue weighted by atomic mass is 16.5. The zero-order valence-corrected chi connectivity index (χ0v) is 10.8. The van der Waals surface area contributed by atoms with Gasteiger partial charge in [-0.15, -0.1) is 0 Å². The second-order valence-corrected chi connectivity index (χ2v) is 4.56. The van der Waals surface area contributed by atoms with Crippen LogP contribution in [0, 0.1) is 13.8 Å². The molecule has 0 aliphatic heterocycles. The number of carbonyl (C=O) groups is 1. The first-order chi connectivity index (χ1) is 8.15. The standard InChI is InChI=1S/C14H19NO2/c1-4-17-14(16)13-12-8-6-5-7-11(12)9(2)10(3)15-13/h4-8H2,1-3H3. The van der Waals surface area contributed by atoms with Crippen LogP contribution in [-0.4, -0.2) is 17.6 Å². The number of aromatic nitrogens is 1. The van der Waals surface area contributed by atoms with Crippen molar-refractivity contribution in [2.75, 3.05) is 6.61 Å². The molecule has 1 aromatic heterocycles. The van der Waals surface area contributed by atoms with E-state index in [0.29, 0.717) is 12.3 Å². The molecule has 3 heteroatoms. The highest BCUT2D eigenvalue weighted by molar-refractivity contribution is 5.89. The van der Waals surface area contributed by atoms with Crippen molar-refractivity contribution in [3.05, 3.63) is 28.1 Å². The number of ether oxygens (including phenoxy) is 1. The Morgan fingerprint density at radius 1 is 1.24 bits per heavy atom. The van der Waals surface area contributed by atoms with Crippen LogP contribution in [0.2, 0.25) is 0 Å². The molecule has 0 fully saturated rings. The lowest BCUT2D eigenvalue weighted by atomic mass is 9.87. The molecule has 1 aliphatic carbocycles. The van der Waals surface area contributed by atoms with E-state index in [0.717, 1.165) is 30.5 Å². The van der Waals surface area contributed by atoms with Gasteiger partial charge in [0.25, 0.3) is 0 Å². The van der Waals surface area contributed by atoms with Crippen LogP contribution in [0.25, 0.3) is 0 Å². The van der Waals surface area contributed by atoms with Crippen molar-refractivity contribution in [2.45, 2.75) is 46.5 Å². The topological polar surface area (TPSA) is 39.2 Å². The third kappa shape index (κ3) is 2.19. The molecule has 0 N–H and O–H groups in total. The molecule has 17 heavy (non-hydrogen) atoms.